The van der Waals surface area contributed by atoms with Gasteiger partial charge in [0.1, 0.15) is 5.60 Å². The molecule has 1 rings (SSSR count). The molecule has 0 aliphatic heterocycles. The molecule has 2 N–H and O–H groups in total. The van der Waals surface area contributed by atoms with Crippen LogP contribution >= 0.6 is 0 Å². The maximum Gasteiger partial charge on any atom is 0.407 e. The Balaban J connectivity index is 2.36. The second kappa shape index (κ2) is 9.46. The van der Waals surface area contributed by atoms with Gasteiger partial charge in [0.25, 0.3) is 5.91 Å². The van der Waals surface area contributed by atoms with Gasteiger partial charge < -0.3 is 20.1 Å². The zero-order valence-corrected chi connectivity index (χ0v) is 15.0. The molecule has 0 aliphatic rings. The fraction of sp³-hybridized carbons (Fsp3) is 0.438. The van der Waals surface area contributed by atoms with E-state index in [1.165, 1.54) is 0 Å². The summed E-state index contributed by atoms with van der Waals surface area (Å²) in [5.74, 6) is -2.54. The van der Waals surface area contributed by atoms with Gasteiger partial charge in [-0.3, -0.25) is 19.7 Å². The van der Waals surface area contributed by atoms with E-state index in [4.69, 9.17) is 9.47 Å². The molecular formula is C16H20FN3O7. The monoisotopic (exact) mass is 385 g/mol. The predicted molar refractivity (Wildman–Crippen MR) is 91.5 cm³/mol. The number of carbonyl (C=O) groups is 3. The molecule has 148 valence electrons. The van der Waals surface area contributed by atoms with Crippen molar-refractivity contribution in [3.63, 3.8) is 0 Å². The lowest BCUT2D eigenvalue weighted by molar-refractivity contribution is -0.387. The number of anilines is 1. The van der Waals surface area contributed by atoms with Crippen molar-refractivity contribution < 1.29 is 33.2 Å². The van der Waals surface area contributed by atoms with Crippen molar-refractivity contribution in [1.82, 2.24) is 5.32 Å². The number of halogens is 1. The second-order valence-electron chi connectivity index (χ2n) is 6.31. The first-order valence-electron chi connectivity index (χ1n) is 7.84. The molecule has 0 unspecified atom stereocenters. The summed E-state index contributed by atoms with van der Waals surface area (Å²) in [6.07, 6.45) is -0.875. The van der Waals surface area contributed by atoms with Gasteiger partial charge in [-0.05, 0) is 32.9 Å². The van der Waals surface area contributed by atoms with Crippen LogP contribution < -0.4 is 10.6 Å². The molecule has 2 amide bonds. The van der Waals surface area contributed by atoms with Crippen molar-refractivity contribution in [1.29, 1.82) is 0 Å². The molecule has 0 spiro atoms. The van der Waals surface area contributed by atoms with E-state index >= 15 is 0 Å². The number of hydrogen-bond donors (Lipinski definition) is 2. The number of amides is 2. The summed E-state index contributed by atoms with van der Waals surface area (Å²) >= 11 is 0. The summed E-state index contributed by atoms with van der Waals surface area (Å²) in [7, 11) is 0. The SMILES string of the molecule is CC(C)(C)OC(=O)NCCC(=O)OCC(=O)Nc1ccc(F)c([N+](=O)[O-])c1. The van der Waals surface area contributed by atoms with E-state index in [0.29, 0.717) is 0 Å². The largest absolute Gasteiger partial charge is 0.456 e. The van der Waals surface area contributed by atoms with E-state index in [0.717, 1.165) is 18.2 Å². The van der Waals surface area contributed by atoms with Crippen molar-refractivity contribution in [2.75, 3.05) is 18.5 Å². The van der Waals surface area contributed by atoms with Crippen LogP contribution in [0.1, 0.15) is 27.2 Å². The molecule has 0 saturated carbocycles. The molecule has 0 aliphatic carbocycles. The Morgan fingerprint density at radius 2 is 1.93 bits per heavy atom. The summed E-state index contributed by atoms with van der Waals surface area (Å²) in [5.41, 5.74) is -1.48. The second-order valence-corrected chi connectivity index (χ2v) is 6.31. The van der Waals surface area contributed by atoms with E-state index in [1.807, 2.05) is 0 Å². The Labute approximate surface area is 154 Å². The third-order valence-corrected chi connectivity index (χ3v) is 2.79. The maximum absolute atomic E-state index is 13.2. The van der Waals surface area contributed by atoms with Crippen LogP contribution in [0.2, 0.25) is 0 Å². The lowest BCUT2D eigenvalue weighted by atomic mass is 10.2. The highest BCUT2D eigenvalue weighted by molar-refractivity contribution is 5.93. The molecule has 27 heavy (non-hydrogen) atoms. The Kier molecular flexibility index (Phi) is 7.64. The van der Waals surface area contributed by atoms with Crippen LogP contribution in [0.4, 0.5) is 20.6 Å². The molecule has 10 nitrogen and oxygen atoms in total. The van der Waals surface area contributed by atoms with Crippen LogP contribution in [-0.2, 0) is 19.1 Å². The molecule has 0 radical (unpaired) electrons. The van der Waals surface area contributed by atoms with Crippen LogP contribution in [0.5, 0.6) is 0 Å². The number of hydrogen-bond acceptors (Lipinski definition) is 7. The van der Waals surface area contributed by atoms with Crippen LogP contribution in [0.25, 0.3) is 0 Å². The number of nitrogens with zero attached hydrogens (tertiary/aromatic N) is 1. The molecule has 0 heterocycles. The number of rotatable bonds is 7. The van der Waals surface area contributed by atoms with Crippen molar-refractivity contribution >= 4 is 29.3 Å². The fourth-order valence-electron chi connectivity index (χ4n) is 1.73. The van der Waals surface area contributed by atoms with Crippen molar-refractivity contribution in [2.24, 2.45) is 0 Å². The van der Waals surface area contributed by atoms with Gasteiger partial charge in [0, 0.05) is 18.3 Å². The van der Waals surface area contributed by atoms with Gasteiger partial charge in [0.2, 0.25) is 5.82 Å². The smallest absolute Gasteiger partial charge is 0.407 e. The maximum atomic E-state index is 13.2. The van der Waals surface area contributed by atoms with E-state index in [-0.39, 0.29) is 18.7 Å². The number of ether oxygens (including phenoxy) is 2. The highest BCUT2D eigenvalue weighted by atomic mass is 19.1. The highest BCUT2D eigenvalue weighted by Crippen LogP contribution is 2.21. The van der Waals surface area contributed by atoms with E-state index in [2.05, 4.69) is 10.6 Å². The Morgan fingerprint density at radius 1 is 1.26 bits per heavy atom. The first-order chi connectivity index (χ1) is 12.5. The standard InChI is InChI=1S/C16H20FN3O7/c1-16(2,3)27-15(23)18-7-6-14(22)26-9-13(21)19-10-4-5-11(17)12(8-10)20(24)25/h4-5,8H,6-7,9H2,1-3H3,(H,18,23)(H,19,21). The zero-order chi connectivity index (χ0) is 20.6. The molecule has 11 heteroatoms. The topological polar surface area (TPSA) is 137 Å². The van der Waals surface area contributed by atoms with Crippen molar-refractivity contribution in [2.45, 2.75) is 32.8 Å². The van der Waals surface area contributed by atoms with Gasteiger partial charge in [0.05, 0.1) is 11.3 Å². The van der Waals surface area contributed by atoms with E-state index < -0.39 is 46.6 Å². The van der Waals surface area contributed by atoms with E-state index in [1.54, 1.807) is 20.8 Å². The minimum absolute atomic E-state index is 0.0178. The van der Waals surface area contributed by atoms with Crippen LogP contribution in [-0.4, -0.2) is 41.6 Å². The molecule has 1 aromatic carbocycles. The lowest BCUT2D eigenvalue weighted by Crippen LogP contribution is -2.34. The Morgan fingerprint density at radius 3 is 2.52 bits per heavy atom. The van der Waals surface area contributed by atoms with E-state index in [9.17, 15) is 28.9 Å². The number of carbonyl (C=O) groups excluding carboxylic acids is 3. The molecule has 0 atom stereocenters. The minimum Gasteiger partial charge on any atom is -0.456 e. The Bertz CT molecular complexity index is 731. The minimum atomic E-state index is -1.04. The zero-order valence-electron chi connectivity index (χ0n) is 15.0. The lowest BCUT2D eigenvalue weighted by Gasteiger charge is -2.19. The van der Waals surface area contributed by atoms with Gasteiger partial charge in [0.15, 0.2) is 6.61 Å². The third kappa shape index (κ3) is 8.61. The summed E-state index contributed by atoms with van der Waals surface area (Å²) in [4.78, 5) is 44.3. The molecule has 0 fully saturated rings. The number of nitro groups is 1. The number of nitrogens with one attached hydrogen (secondary N) is 2. The van der Waals surface area contributed by atoms with Crippen LogP contribution in [0.3, 0.4) is 0 Å². The highest BCUT2D eigenvalue weighted by Gasteiger charge is 2.17. The fourth-order valence-corrected chi connectivity index (χ4v) is 1.73. The molecule has 1 aromatic rings. The van der Waals surface area contributed by atoms with Gasteiger partial charge >= 0.3 is 17.7 Å². The summed E-state index contributed by atoms with van der Waals surface area (Å²) in [5, 5.41) is 15.2. The van der Waals surface area contributed by atoms with Crippen molar-refractivity contribution in [3.05, 3.63) is 34.1 Å². The van der Waals surface area contributed by atoms with Gasteiger partial charge in [-0.15, -0.1) is 0 Å². The predicted octanol–water partition coefficient (Wildman–Crippen LogP) is 2.13. The third-order valence-electron chi connectivity index (χ3n) is 2.79. The molecule has 0 aromatic heterocycles. The summed E-state index contributed by atoms with van der Waals surface area (Å²) in [6.45, 7) is 4.38. The van der Waals surface area contributed by atoms with Gasteiger partial charge in [-0.2, -0.15) is 4.39 Å². The average Bonchev–Trinajstić information content (AvgIpc) is 2.52. The quantitative estimate of drug-likeness (QED) is 0.417. The number of nitro benzene ring substituents is 1. The molecule has 0 saturated heterocycles. The average molecular weight is 385 g/mol. The Hall–Kier alpha value is -3.24. The first kappa shape index (κ1) is 21.8. The van der Waals surface area contributed by atoms with Gasteiger partial charge in [-0.25, -0.2) is 4.79 Å². The number of alkyl carbamates (subject to hydrolysis) is 1. The number of benzene rings is 1. The summed E-state index contributed by atoms with van der Waals surface area (Å²) in [6, 6.07) is 2.81. The van der Waals surface area contributed by atoms with Crippen molar-refractivity contribution in [3.8, 4) is 0 Å². The normalized spacial score (nSPS) is 10.7. The molecule has 0 bridgehead atoms. The number of esters is 1. The summed E-state index contributed by atoms with van der Waals surface area (Å²) < 4.78 is 22.9. The van der Waals surface area contributed by atoms with Crippen LogP contribution in [0.15, 0.2) is 18.2 Å². The van der Waals surface area contributed by atoms with Gasteiger partial charge in [-0.1, -0.05) is 0 Å². The molecular weight excluding hydrogens is 365 g/mol. The van der Waals surface area contributed by atoms with Crippen LogP contribution in [0, 0.1) is 15.9 Å². The first-order valence-corrected chi connectivity index (χ1v) is 7.84.